The SMILES string of the molecule is CC1(C)SC2C(NC(=O)C(NC(=O)N3CCN(S(C)(=O)=O)C3=O)c3ccccc3)C(=O)N2C1C(=O)O.[HH].[Na]. The van der Waals surface area contributed by atoms with Gasteiger partial charge in [-0.25, -0.2) is 32.0 Å². The standard InChI is InChI=1S/C21H25N5O8S2.Na.H2/c1-21(2)14(18(29)30)26-16(28)13(17(26)35-21)22-15(27)12(11-7-5-4-6-8-11)23-19(31)24-9-10-25(20(24)32)36(3,33)34;;/h4-8,12-14,17H,9-10H2,1-3H3,(H,22,27)(H,23,31)(H,29,30);;1H. The molecule has 197 valence electrons. The largest absolute Gasteiger partial charge is 0.480 e. The number of nitrogens with zero attached hydrogens (tertiary/aromatic N) is 3. The summed E-state index contributed by atoms with van der Waals surface area (Å²) in [6.07, 6.45) is 0.850. The Morgan fingerprint density at radius 1 is 1.16 bits per heavy atom. The van der Waals surface area contributed by atoms with E-state index in [1.807, 2.05) is 0 Å². The molecule has 0 saturated carbocycles. The predicted molar refractivity (Wildman–Crippen MR) is 135 cm³/mol. The molecule has 6 amide bonds. The molecular formula is C21H27N5NaO8S2. The zero-order chi connectivity index (χ0) is 26.6. The molecule has 4 unspecified atom stereocenters. The first-order valence-corrected chi connectivity index (χ1v) is 13.6. The van der Waals surface area contributed by atoms with Crippen LogP contribution in [-0.2, 0) is 24.4 Å². The van der Waals surface area contributed by atoms with Gasteiger partial charge in [-0.2, -0.15) is 0 Å². The third-order valence-electron chi connectivity index (χ3n) is 6.25. The number of imide groups is 1. The van der Waals surface area contributed by atoms with Crippen molar-refractivity contribution in [3.8, 4) is 0 Å². The van der Waals surface area contributed by atoms with Crippen molar-refractivity contribution in [3.63, 3.8) is 0 Å². The second kappa shape index (κ2) is 10.4. The van der Waals surface area contributed by atoms with Gasteiger partial charge < -0.3 is 20.6 Å². The third-order valence-corrected chi connectivity index (χ3v) is 8.96. The van der Waals surface area contributed by atoms with Crippen LogP contribution in [0.4, 0.5) is 9.59 Å². The molecule has 3 saturated heterocycles. The van der Waals surface area contributed by atoms with Crippen LogP contribution in [0.5, 0.6) is 0 Å². The van der Waals surface area contributed by atoms with Gasteiger partial charge in [0.15, 0.2) is 0 Å². The van der Waals surface area contributed by atoms with Crippen LogP contribution in [0.1, 0.15) is 26.9 Å². The molecule has 37 heavy (non-hydrogen) atoms. The molecule has 0 aromatic heterocycles. The first kappa shape index (κ1) is 29.2. The minimum Gasteiger partial charge on any atom is -0.480 e. The van der Waals surface area contributed by atoms with Gasteiger partial charge in [-0.15, -0.1) is 11.8 Å². The Morgan fingerprint density at radius 2 is 1.78 bits per heavy atom. The average molecular weight is 565 g/mol. The molecule has 3 fully saturated rings. The van der Waals surface area contributed by atoms with Crippen molar-refractivity contribution in [2.45, 2.75) is 42.1 Å². The van der Waals surface area contributed by atoms with Crippen LogP contribution in [0.3, 0.4) is 0 Å². The summed E-state index contributed by atoms with van der Waals surface area (Å²) >= 11 is 1.26. The van der Waals surface area contributed by atoms with E-state index in [1.165, 1.54) is 16.7 Å². The summed E-state index contributed by atoms with van der Waals surface area (Å²) in [5.41, 5.74) is 0.362. The molecule has 0 spiro atoms. The van der Waals surface area contributed by atoms with Crippen LogP contribution in [0, 0.1) is 0 Å². The Hall–Kier alpha value is -2.33. The molecule has 3 aliphatic rings. The zero-order valence-corrected chi connectivity index (χ0v) is 24.2. The number of nitrogens with one attached hydrogen (secondary N) is 2. The van der Waals surface area contributed by atoms with E-state index in [2.05, 4.69) is 10.6 Å². The molecule has 0 bridgehead atoms. The average Bonchev–Trinajstić information content (AvgIpc) is 3.31. The van der Waals surface area contributed by atoms with Crippen molar-refractivity contribution in [3.05, 3.63) is 35.9 Å². The minimum atomic E-state index is -3.87. The van der Waals surface area contributed by atoms with Gasteiger partial charge in [-0.1, -0.05) is 30.3 Å². The summed E-state index contributed by atoms with van der Waals surface area (Å²) in [6, 6.07) is 2.76. The molecule has 4 atom stereocenters. The molecule has 0 aliphatic carbocycles. The van der Waals surface area contributed by atoms with Crippen molar-refractivity contribution in [1.29, 1.82) is 0 Å². The van der Waals surface area contributed by atoms with Crippen LogP contribution in [-0.4, -0.2) is 129 Å². The normalized spacial score (nSPS) is 25.1. The number of hydrogen-bond donors (Lipinski definition) is 3. The number of carboxylic acid groups (broad SMARTS) is 1. The number of urea groups is 2. The molecule has 16 heteroatoms. The maximum Gasteiger partial charge on any atom is 0.341 e. The number of rotatable bonds is 6. The third kappa shape index (κ3) is 5.32. The van der Waals surface area contributed by atoms with Crippen LogP contribution in [0.15, 0.2) is 30.3 Å². The second-order valence-corrected chi connectivity index (χ2v) is 12.8. The molecule has 13 nitrogen and oxygen atoms in total. The quantitative estimate of drug-likeness (QED) is 0.308. The predicted octanol–water partition coefficient (Wildman–Crippen LogP) is -0.369. The molecule has 3 heterocycles. The van der Waals surface area contributed by atoms with E-state index < -0.39 is 68.1 Å². The number of β-lactam (4-membered cyclic amide) rings is 1. The number of sulfonamides is 1. The smallest absolute Gasteiger partial charge is 0.341 e. The summed E-state index contributed by atoms with van der Waals surface area (Å²) in [5.74, 6) is -2.42. The second-order valence-electron chi connectivity index (χ2n) is 9.15. The Bertz CT molecular complexity index is 1250. The Balaban J connectivity index is 0.00000253. The molecule has 4 rings (SSSR count). The van der Waals surface area contributed by atoms with Gasteiger partial charge >= 0.3 is 18.0 Å². The maximum atomic E-state index is 13.3. The van der Waals surface area contributed by atoms with E-state index in [9.17, 15) is 37.5 Å². The van der Waals surface area contributed by atoms with E-state index in [0.29, 0.717) is 14.8 Å². The number of thioether (sulfide) groups is 1. The van der Waals surface area contributed by atoms with E-state index >= 15 is 0 Å². The van der Waals surface area contributed by atoms with E-state index in [-0.39, 0.29) is 44.1 Å². The molecule has 3 aliphatic heterocycles. The van der Waals surface area contributed by atoms with Crippen LogP contribution in [0.25, 0.3) is 0 Å². The van der Waals surface area contributed by atoms with Crippen molar-refractivity contribution in [2.24, 2.45) is 0 Å². The minimum absolute atomic E-state index is 0. The number of hydrogen-bond acceptors (Lipinski definition) is 8. The first-order chi connectivity index (χ1) is 16.7. The topological polar surface area (TPSA) is 173 Å². The van der Waals surface area contributed by atoms with Crippen LogP contribution < -0.4 is 10.6 Å². The maximum absolute atomic E-state index is 13.3. The molecule has 3 N–H and O–H groups in total. The Labute approximate surface area is 241 Å². The summed E-state index contributed by atoms with van der Waals surface area (Å²) < 4.78 is 23.3. The monoisotopic (exact) mass is 564 g/mol. The number of aliphatic carboxylic acids is 1. The zero-order valence-electron chi connectivity index (χ0n) is 20.6. The Morgan fingerprint density at radius 3 is 2.32 bits per heavy atom. The summed E-state index contributed by atoms with van der Waals surface area (Å²) in [5, 5.41) is 14.0. The van der Waals surface area contributed by atoms with Gasteiger partial charge in [0.05, 0.1) is 19.3 Å². The number of carboxylic acids is 1. The fraction of sp³-hybridized carbons (Fsp3) is 0.476. The Kier molecular flexibility index (Phi) is 8.25. The van der Waals surface area contributed by atoms with Crippen molar-refractivity contribution in [1.82, 2.24) is 24.7 Å². The van der Waals surface area contributed by atoms with E-state index in [4.69, 9.17) is 0 Å². The van der Waals surface area contributed by atoms with Gasteiger partial charge in [0, 0.05) is 35.7 Å². The molecular weight excluding hydrogens is 537 g/mol. The number of amides is 6. The molecule has 1 aromatic carbocycles. The van der Waals surface area contributed by atoms with Crippen molar-refractivity contribution >= 4 is 81.2 Å². The first-order valence-electron chi connectivity index (χ1n) is 10.9. The summed E-state index contributed by atoms with van der Waals surface area (Å²) in [6.45, 7) is 3.02. The van der Waals surface area contributed by atoms with E-state index in [1.54, 1.807) is 44.2 Å². The van der Waals surface area contributed by atoms with Gasteiger partial charge in [0.1, 0.15) is 23.5 Å². The summed E-state index contributed by atoms with van der Waals surface area (Å²) in [7, 11) is -3.87. The van der Waals surface area contributed by atoms with E-state index in [0.717, 1.165) is 6.26 Å². The number of benzene rings is 1. The molecule has 1 radical (unpaired) electrons. The number of carbonyl (C=O) groups excluding carboxylic acids is 4. The number of fused-ring (bicyclic) bond motifs is 1. The van der Waals surface area contributed by atoms with Crippen LogP contribution >= 0.6 is 11.8 Å². The van der Waals surface area contributed by atoms with Gasteiger partial charge in [-0.05, 0) is 19.4 Å². The van der Waals surface area contributed by atoms with Gasteiger partial charge in [-0.3, -0.25) is 9.59 Å². The fourth-order valence-corrected chi connectivity index (χ4v) is 6.96. The number of carbonyl (C=O) groups is 5. The molecule has 1 aromatic rings. The van der Waals surface area contributed by atoms with Crippen molar-refractivity contribution in [2.75, 3.05) is 19.3 Å². The fourth-order valence-electron chi connectivity index (χ4n) is 4.54. The van der Waals surface area contributed by atoms with Gasteiger partial charge in [0.25, 0.3) is 0 Å². The van der Waals surface area contributed by atoms with Crippen LogP contribution in [0.2, 0.25) is 0 Å². The summed E-state index contributed by atoms with van der Waals surface area (Å²) in [4.78, 5) is 65.0. The van der Waals surface area contributed by atoms with Crippen molar-refractivity contribution < 1.29 is 38.9 Å². The van der Waals surface area contributed by atoms with Gasteiger partial charge in [0.2, 0.25) is 21.8 Å².